The monoisotopic (exact) mass is 458 g/mol. The molecule has 0 spiro atoms. The third-order valence-electron chi connectivity index (χ3n) is 1.40. The van der Waals surface area contributed by atoms with Crippen molar-refractivity contribution in [3.05, 3.63) is 11.5 Å². The van der Waals surface area contributed by atoms with Crippen LogP contribution in [0.3, 0.4) is 0 Å². The maximum absolute atomic E-state index is 9.75. The Balaban J connectivity index is 0. The molecule has 2 aliphatic rings. The van der Waals surface area contributed by atoms with Gasteiger partial charge in [0.25, 0.3) is 0 Å². The van der Waals surface area contributed by atoms with E-state index in [0.717, 1.165) is 0 Å². The summed E-state index contributed by atoms with van der Waals surface area (Å²) < 4.78 is 39.0. The molecule has 2 heterocycles. The minimum Gasteiger partial charge on any atom is -0.418 e. The second kappa shape index (κ2) is 12.7. The molecule has 1 radical (unpaired) electrons. The predicted molar refractivity (Wildman–Crippen MR) is 62.2 cm³/mol. The molecule has 0 N–H and O–H groups in total. The van der Waals surface area contributed by atoms with Crippen LogP contribution in [-0.4, -0.2) is 18.8 Å². The fourth-order valence-electron chi connectivity index (χ4n) is 0.833. The first-order valence-electron chi connectivity index (χ1n) is 4.74. The van der Waals surface area contributed by atoms with Gasteiger partial charge in [-0.15, -0.1) is 0 Å². The molecule has 0 aromatic carbocycles. The van der Waals surface area contributed by atoms with Gasteiger partial charge in [0.1, 0.15) is 0 Å². The van der Waals surface area contributed by atoms with E-state index in [-0.39, 0.29) is 22.4 Å². The van der Waals surface area contributed by atoms with Crippen LogP contribution in [0.25, 0.3) is 0 Å². The Morgan fingerprint density at radius 1 is 0.812 bits per heavy atom. The zero-order valence-electron chi connectivity index (χ0n) is 8.60. The summed E-state index contributed by atoms with van der Waals surface area (Å²) in [5.41, 5.74) is 0. The Morgan fingerprint density at radius 2 is 1.12 bits per heavy atom. The molecule has 0 nitrogen and oxygen atoms in total. The maximum Gasteiger partial charge on any atom is 0.673 e. The van der Waals surface area contributed by atoms with Crippen LogP contribution in [0.4, 0.5) is 17.3 Å². The molecule has 0 bridgehead atoms. The van der Waals surface area contributed by atoms with E-state index >= 15 is 0 Å². The third kappa shape index (κ3) is 24.5. The normalized spacial score (nSPS) is 18.8. The van der Waals surface area contributed by atoms with E-state index in [4.69, 9.17) is 0 Å². The smallest absolute Gasteiger partial charge is 0.418 e. The van der Waals surface area contributed by atoms with E-state index < -0.39 is 7.25 Å². The summed E-state index contributed by atoms with van der Waals surface area (Å²) in [4.78, 5) is 0. The Morgan fingerprint density at radius 3 is 1.19 bits per heavy atom. The Labute approximate surface area is 119 Å². The summed E-state index contributed by atoms with van der Waals surface area (Å²) in [5, 5.41) is 0. The molecule has 0 saturated carbocycles. The Hall–Kier alpha value is 1.23. The molecule has 0 aliphatic carbocycles. The van der Waals surface area contributed by atoms with E-state index in [1.165, 1.54) is 37.2 Å². The van der Waals surface area contributed by atoms with Crippen molar-refractivity contribution >= 4 is 30.8 Å². The quantitative estimate of drug-likeness (QED) is 0.295. The predicted octanol–water partition coefficient (Wildman–Crippen LogP) is 4.65. The van der Waals surface area contributed by atoms with E-state index in [2.05, 4.69) is 11.5 Å². The van der Waals surface area contributed by atoms with Crippen molar-refractivity contribution in [1.29, 1.82) is 0 Å². The molecule has 0 aromatic rings. The van der Waals surface area contributed by atoms with Crippen molar-refractivity contribution < 1.29 is 39.6 Å². The standard InChI is InChI=1S/2C4H7S.Au.BF4/c2*1-2-4-5-3-1;;2-1(3,4)5/h2*3H,1-2,4H2;;/q2*-1;;-1. The average molecular weight is 458 g/mol. The maximum atomic E-state index is 9.75. The van der Waals surface area contributed by atoms with Gasteiger partial charge < -0.3 is 40.8 Å². The zero-order chi connectivity index (χ0) is 11.6. The fourth-order valence-corrected chi connectivity index (χ4v) is 2.50. The summed E-state index contributed by atoms with van der Waals surface area (Å²) in [6, 6.07) is 0. The van der Waals surface area contributed by atoms with Crippen LogP contribution in [0, 0.1) is 11.5 Å². The molecular weight excluding hydrogens is 444 g/mol. The molecular formula is C8H14AuBF4S2-3. The third-order valence-corrected chi connectivity index (χ3v) is 3.40. The molecule has 16 heavy (non-hydrogen) atoms. The van der Waals surface area contributed by atoms with Gasteiger partial charge in [0.2, 0.25) is 0 Å². The van der Waals surface area contributed by atoms with Crippen LogP contribution in [0.2, 0.25) is 0 Å². The first-order chi connectivity index (χ1) is 7.00. The summed E-state index contributed by atoms with van der Waals surface area (Å²) in [6.45, 7) is 0. The Kier molecular flexibility index (Phi) is 15.5. The molecule has 0 amide bonds. The summed E-state index contributed by atoms with van der Waals surface area (Å²) in [7, 11) is -6.00. The molecule has 2 aliphatic heterocycles. The first kappa shape index (κ1) is 19.6. The largest absolute Gasteiger partial charge is 0.673 e. The van der Waals surface area contributed by atoms with Crippen molar-refractivity contribution in [2.75, 3.05) is 11.5 Å². The van der Waals surface area contributed by atoms with Gasteiger partial charge >= 0.3 is 7.25 Å². The van der Waals surface area contributed by atoms with Crippen molar-refractivity contribution in [3.63, 3.8) is 0 Å². The molecule has 0 unspecified atom stereocenters. The van der Waals surface area contributed by atoms with Gasteiger partial charge in [0, 0.05) is 22.4 Å². The van der Waals surface area contributed by atoms with Crippen LogP contribution in [-0.2, 0) is 22.4 Å². The second-order valence-electron chi connectivity index (χ2n) is 2.85. The molecule has 2 fully saturated rings. The second-order valence-corrected chi connectivity index (χ2v) is 5.00. The molecule has 0 aromatic heterocycles. The first-order valence-corrected chi connectivity index (χ1v) is 6.84. The average Bonchev–Trinajstić information content (AvgIpc) is 2.81. The van der Waals surface area contributed by atoms with E-state index in [9.17, 15) is 17.3 Å². The van der Waals surface area contributed by atoms with Gasteiger partial charge in [-0.05, 0) is 11.5 Å². The number of thioether (sulfide) groups is 2. The van der Waals surface area contributed by atoms with Gasteiger partial charge in [-0.1, -0.05) is 12.8 Å². The molecule has 2 rings (SSSR count). The van der Waals surface area contributed by atoms with Crippen molar-refractivity contribution in [3.8, 4) is 0 Å². The zero-order valence-corrected chi connectivity index (χ0v) is 12.4. The molecule has 0 atom stereocenters. The summed E-state index contributed by atoms with van der Waals surface area (Å²) in [5.74, 6) is 7.28. The topological polar surface area (TPSA) is 0 Å². The van der Waals surface area contributed by atoms with Gasteiger partial charge in [-0.3, -0.25) is 11.5 Å². The number of hydrogen-bond acceptors (Lipinski definition) is 2. The van der Waals surface area contributed by atoms with Crippen LogP contribution in [0.15, 0.2) is 0 Å². The number of rotatable bonds is 0. The van der Waals surface area contributed by atoms with Crippen molar-refractivity contribution in [1.82, 2.24) is 0 Å². The van der Waals surface area contributed by atoms with Crippen LogP contribution in [0.1, 0.15) is 25.7 Å². The van der Waals surface area contributed by atoms with Crippen molar-refractivity contribution in [2.24, 2.45) is 0 Å². The van der Waals surface area contributed by atoms with E-state index in [1.54, 1.807) is 0 Å². The molecule has 2 saturated heterocycles. The van der Waals surface area contributed by atoms with Gasteiger partial charge in [-0.2, -0.15) is 12.8 Å². The van der Waals surface area contributed by atoms with Gasteiger partial charge in [-0.25, -0.2) is 0 Å². The molecule has 8 heteroatoms. The fraction of sp³-hybridized carbons (Fsp3) is 0.750. The van der Waals surface area contributed by atoms with Gasteiger partial charge in [0.15, 0.2) is 0 Å². The van der Waals surface area contributed by atoms with Crippen LogP contribution >= 0.6 is 23.5 Å². The minimum atomic E-state index is -6.00. The number of hydrogen-bond donors (Lipinski definition) is 0. The van der Waals surface area contributed by atoms with Crippen LogP contribution in [0.5, 0.6) is 0 Å². The minimum absolute atomic E-state index is 0. The van der Waals surface area contributed by atoms with E-state index in [1.807, 2.05) is 23.5 Å². The summed E-state index contributed by atoms with van der Waals surface area (Å²) >= 11 is 3.90. The van der Waals surface area contributed by atoms with E-state index in [0.29, 0.717) is 0 Å². The van der Waals surface area contributed by atoms with Gasteiger partial charge in [0.05, 0.1) is 0 Å². The number of halogens is 4. The van der Waals surface area contributed by atoms with Crippen LogP contribution < -0.4 is 0 Å². The van der Waals surface area contributed by atoms with Crippen molar-refractivity contribution in [2.45, 2.75) is 25.7 Å². The summed E-state index contributed by atoms with van der Waals surface area (Å²) in [6.07, 6.45) is 5.49. The Bertz CT molecular complexity index is 109. The SMILES string of the molecule is F[B-](F)(F)F.[Au].[CH-]1CCCS1.[CH-]1CCCS1. The molecule has 103 valence electrons.